The average molecular weight is 378 g/mol. The van der Waals surface area contributed by atoms with E-state index in [-0.39, 0.29) is 0 Å². The normalized spacial score (nSPS) is 12.2. The topological polar surface area (TPSA) is 24.4 Å². The minimum absolute atomic E-state index is 0.642. The molecular weight excluding hydrogens is 367 g/mol. The molecule has 1 N–H and O–H groups in total. The number of para-hydroxylation sites is 2. The molecule has 0 aliphatic heterocycles. The van der Waals surface area contributed by atoms with Gasteiger partial charge >= 0.3 is 0 Å². The van der Waals surface area contributed by atoms with E-state index in [1.54, 1.807) is 0 Å². The Kier molecular flexibility index (Phi) is 6.58. The third-order valence-electron chi connectivity index (χ3n) is 2.23. The first-order chi connectivity index (χ1) is 10.0. The third-order valence-corrected chi connectivity index (χ3v) is 5.84. The highest BCUT2D eigenvalue weighted by Gasteiger charge is 2.22. The molecule has 0 aromatic heterocycles. The number of anilines is 1. The summed E-state index contributed by atoms with van der Waals surface area (Å²) in [6.07, 6.45) is 0. The van der Waals surface area contributed by atoms with E-state index in [1.165, 1.54) is 10.8 Å². The molecule has 0 radical (unpaired) electrons. The molecule has 0 unspecified atom stereocenters. The van der Waals surface area contributed by atoms with Crippen molar-refractivity contribution in [3.63, 3.8) is 0 Å². The number of rotatable bonds is 3. The summed E-state index contributed by atoms with van der Waals surface area (Å²) < 4.78 is -1.40. The molecule has 7 heteroatoms. The van der Waals surface area contributed by atoms with Gasteiger partial charge in [0.15, 0.2) is 5.17 Å². The molecule has 0 bridgehead atoms. The molecule has 0 saturated carbocycles. The summed E-state index contributed by atoms with van der Waals surface area (Å²) in [5.74, 6) is 0. The molecule has 0 heterocycles. The zero-order valence-electron chi connectivity index (χ0n) is 10.7. The monoisotopic (exact) mass is 376 g/mol. The zero-order valence-corrected chi connectivity index (χ0v) is 14.6. The molecule has 0 atom stereocenters. The molecule has 0 aliphatic carbocycles. The highest BCUT2D eigenvalue weighted by molar-refractivity contribution is 8.83. The molecule has 2 rings (SSSR count). The maximum atomic E-state index is 5.77. The number of hydrogen-bond acceptors (Lipinski definition) is 3. The number of halogens is 3. The van der Waals surface area contributed by atoms with Crippen LogP contribution in [0.4, 0.5) is 11.4 Å². The smallest absolute Gasteiger partial charge is 0.247 e. The highest BCUT2D eigenvalue weighted by atomic mass is 35.6. The summed E-state index contributed by atoms with van der Waals surface area (Å²) in [4.78, 5) is 4.53. The van der Waals surface area contributed by atoms with Gasteiger partial charge in [-0.3, -0.25) is 0 Å². The molecule has 0 aliphatic rings. The van der Waals surface area contributed by atoms with E-state index in [0.29, 0.717) is 5.17 Å². The van der Waals surface area contributed by atoms with Crippen LogP contribution in [0.2, 0.25) is 0 Å². The summed E-state index contributed by atoms with van der Waals surface area (Å²) in [7, 11) is 2.38. The Morgan fingerprint density at radius 2 is 1.48 bits per heavy atom. The van der Waals surface area contributed by atoms with Gasteiger partial charge in [0.2, 0.25) is 3.12 Å². The van der Waals surface area contributed by atoms with Gasteiger partial charge in [-0.1, -0.05) is 71.2 Å². The highest BCUT2D eigenvalue weighted by Crippen LogP contribution is 2.46. The molecule has 0 fully saturated rings. The van der Waals surface area contributed by atoms with Crippen LogP contribution in [-0.2, 0) is 0 Å². The number of hydrogen-bond donors (Lipinski definition) is 1. The summed E-state index contributed by atoms with van der Waals surface area (Å²) in [6.45, 7) is 0. The SMILES string of the molecule is ClC(Cl)(Cl)SSC(=Nc1ccccc1)Nc1ccccc1. The van der Waals surface area contributed by atoms with Crippen LogP contribution < -0.4 is 5.32 Å². The van der Waals surface area contributed by atoms with E-state index in [0.717, 1.165) is 22.2 Å². The molecule has 0 amide bonds. The molecule has 0 spiro atoms. The van der Waals surface area contributed by atoms with Crippen molar-refractivity contribution in [3.05, 3.63) is 60.7 Å². The van der Waals surface area contributed by atoms with Crippen molar-refractivity contribution in [2.24, 2.45) is 4.99 Å². The van der Waals surface area contributed by atoms with Gasteiger partial charge in [-0.15, -0.1) is 0 Å². The van der Waals surface area contributed by atoms with Crippen molar-refractivity contribution >= 4 is 72.9 Å². The van der Waals surface area contributed by atoms with Crippen LogP contribution in [0.15, 0.2) is 65.7 Å². The Labute approximate surface area is 146 Å². The minimum atomic E-state index is -1.40. The predicted molar refractivity (Wildman–Crippen MR) is 99.1 cm³/mol. The van der Waals surface area contributed by atoms with Crippen molar-refractivity contribution in [1.29, 1.82) is 0 Å². The zero-order chi connectivity index (χ0) is 15.1. The van der Waals surface area contributed by atoms with Gasteiger partial charge in [-0.25, -0.2) is 4.99 Å². The first-order valence-corrected chi connectivity index (χ1v) is 9.19. The molecule has 0 saturated heterocycles. The van der Waals surface area contributed by atoms with Crippen molar-refractivity contribution in [1.82, 2.24) is 0 Å². The first kappa shape index (κ1) is 16.8. The van der Waals surface area contributed by atoms with E-state index < -0.39 is 3.12 Å². The van der Waals surface area contributed by atoms with E-state index in [1.807, 2.05) is 60.7 Å². The third kappa shape index (κ3) is 6.85. The number of nitrogens with zero attached hydrogens (tertiary/aromatic N) is 1. The second-order valence-corrected chi connectivity index (χ2v) is 9.14. The lowest BCUT2D eigenvalue weighted by Crippen LogP contribution is -2.07. The Hall–Kier alpha value is -0.520. The van der Waals surface area contributed by atoms with Gasteiger partial charge in [0.1, 0.15) is 0 Å². The van der Waals surface area contributed by atoms with Crippen molar-refractivity contribution in [3.8, 4) is 0 Å². The van der Waals surface area contributed by atoms with Crippen LogP contribution in [0.1, 0.15) is 0 Å². The van der Waals surface area contributed by atoms with Crippen LogP contribution >= 0.6 is 56.4 Å². The molecule has 21 heavy (non-hydrogen) atoms. The maximum absolute atomic E-state index is 5.77. The van der Waals surface area contributed by atoms with Gasteiger partial charge < -0.3 is 5.32 Å². The molecule has 2 aromatic carbocycles. The van der Waals surface area contributed by atoms with Crippen LogP contribution in [0.3, 0.4) is 0 Å². The lowest BCUT2D eigenvalue weighted by Gasteiger charge is -2.12. The second-order valence-electron chi connectivity index (χ2n) is 3.86. The molecular formula is C14H11Cl3N2S2. The number of alkyl halides is 3. The molecule has 2 nitrogen and oxygen atoms in total. The minimum Gasteiger partial charge on any atom is -0.334 e. The summed E-state index contributed by atoms with van der Waals surface area (Å²) in [5, 5.41) is 3.86. The molecule has 110 valence electrons. The van der Waals surface area contributed by atoms with Gasteiger partial charge in [0, 0.05) is 5.69 Å². The predicted octanol–water partition coefficient (Wildman–Crippen LogP) is 6.50. The first-order valence-electron chi connectivity index (χ1n) is 5.91. The summed E-state index contributed by atoms with van der Waals surface area (Å²) in [6, 6.07) is 19.3. The Bertz CT molecular complexity index is 586. The summed E-state index contributed by atoms with van der Waals surface area (Å²) in [5.41, 5.74) is 1.75. The Balaban J connectivity index is 2.16. The molecule has 2 aromatic rings. The van der Waals surface area contributed by atoms with Gasteiger partial charge in [-0.05, 0) is 45.9 Å². The van der Waals surface area contributed by atoms with Crippen LogP contribution in [0.25, 0.3) is 0 Å². The average Bonchev–Trinajstić information content (AvgIpc) is 2.46. The Morgan fingerprint density at radius 3 is 2.05 bits per heavy atom. The number of aliphatic imine (C=N–C) groups is 1. The lowest BCUT2D eigenvalue weighted by molar-refractivity contribution is 1.51. The van der Waals surface area contributed by atoms with Crippen molar-refractivity contribution in [2.75, 3.05) is 5.32 Å². The van der Waals surface area contributed by atoms with E-state index >= 15 is 0 Å². The summed E-state index contributed by atoms with van der Waals surface area (Å²) >= 11 is 17.3. The fourth-order valence-corrected chi connectivity index (χ4v) is 3.50. The fraction of sp³-hybridized carbons (Fsp3) is 0.0714. The lowest BCUT2D eigenvalue weighted by atomic mass is 10.3. The van der Waals surface area contributed by atoms with E-state index in [2.05, 4.69) is 10.3 Å². The standard InChI is InChI=1S/C14H11Cl3N2S2/c15-14(16,17)21-20-13(18-11-7-3-1-4-8-11)19-12-9-5-2-6-10-12/h1-10H,(H,18,19). The van der Waals surface area contributed by atoms with Gasteiger partial charge in [-0.2, -0.15) is 0 Å². The van der Waals surface area contributed by atoms with Gasteiger partial charge in [0.25, 0.3) is 0 Å². The fourth-order valence-electron chi connectivity index (χ4n) is 1.42. The second kappa shape index (κ2) is 8.20. The Morgan fingerprint density at radius 1 is 0.905 bits per heavy atom. The maximum Gasteiger partial charge on any atom is 0.247 e. The van der Waals surface area contributed by atoms with Crippen molar-refractivity contribution < 1.29 is 0 Å². The van der Waals surface area contributed by atoms with E-state index in [4.69, 9.17) is 34.8 Å². The van der Waals surface area contributed by atoms with Crippen LogP contribution in [0, 0.1) is 0 Å². The van der Waals surface area contributed by atoms with Crippen LogP contribution in [0.5, 0.6) is 0 Å². The quantitative estimate of drug-likeness (QED) is 0.286. The number of nitrogens with one attached hydrogen (secondary N) is 1. The van der Waals surface area contributed by atoms with Crippen molar-refractivity contribution in [2.45, 2.75) is 3.12 Å². The number of amidine groups is 1. The number of benzene rings is 2. The van der Waals surface area contributed by atoms with E-state index in [9.17, 15) is 0 Å². The van der Waals surface area contributed by atoms with Gasteiger partial charge in [0.05, 0.1) is 5.69 Å². The largest absolute Gasteiger partial charge is 0.334 e. The van der Waals surface area contributed by atoms with Crippen LogP contribution in [-0.4, -0.2) is 8.29 Å².